The van der Waals surface area contributed by atoms with Crippen LogP contribution in [0, 0.1) is 0 Å². The van der Waals surface area contributed by atoms with Gasteiger partial charge in [0.1, 0.15) is 0 Å². The Morgan fingerprint density at radius 3 is 2.47 bits per heavy atom. The highest BCUT2D eigenvalue weighted by Crippen LogP contribution is 2.24. The number of para-hydroxylation sites is 1. The van der Waals surface area contributed by atoms with Crippen LogP contribution in [0.25, 0.3) is 0 Å². The Bertz CT molecular complexity index is 950. The number of carbonyl (C=O) groups is 3. The van der Waals surface area contributed by atoms with E-state index in [4.69, 9.17) is 0 Å². The van der Waals surface area contributed by atoms with Crippen molar-refractivity contribution in [3.05, 3.63) is 59.7 Å². The van der Waals surface area contributed by atoms with Crippen LogP contribution >= 0.6 is 0 Å². The van der Waals surface area contributed by atoms with E-state index in [9.17, 15) is 14.4 Å². The van der Waals surface area contributed by atoms with Crippen molar-refractivity contribution in [1.29, 1.82) is 0 Å². The minimum absolute atomic E-state index is 0.0808. The van der Waals surface area contributed by atoms with Crippen LogP contribution < -0.4 is 15.5 Å². The number of carbonyl (C=O) groups excluding carboxylic acids is 3. The van der Waals surface area contributed by atoms with Gasteiger partial charge in [-0.25, -0.2) is 0 Å². The molecule has 0 aromatic heterocycles. The molecule has 1 aliphatic heterocycles. The van der Waals surface area contributed by atoms with Crippen molar-refractivity contribution in [3.63, 3.8) is 0 Å². The number of anilines is 2. The van der Waals surface area contributed by atoms with Crippen LogP contribution in [0.1, 0.15) is 65.7 Å². The highest BCUT2D eigenvalue weighted by Gasteiger charge is 2.23. The predicted molar refractivity (Wildman–Crippen MR) is 117 cm³/mol. The third-order valence-electron chi connectivity index (χ3n) is 5.85. The van der Waals surface area contributed by atoms with Crippen LogP contribution in [-0.4, -0.2) is 30.3 Å². The molecule has 1 heterocycles. The number of hydrogen-bond donors (Lipinski definition) is 2. The molecule has 2 aromatic carbocycles. The lowest BCUT2D eigenvalue weighted by Crippen LogP contribution is -2.36. The Labute approximate surface area is 176 Å². The minimum Gasteiger partial charge on any atom is -0.349 e. The van der Waals surface area contributed by atoms with Gasteiger partial charge in [-0.2, -0.15) is 0 Å². The van der Waals surface area contributed by atoms with Crippen molar-refractivity contribution in [1.82, 2.24) is 5.32 Å². The molecule has 1 aliphatic carbocycles. The molecule has 30 heavy (non-hydrogen) atoms. The smallest absolute Gasteiger partial charge is 0.255 e. The number of rotatable bonds is 5. The number of hydrogen-bond acceptors (Lipinski definition) is 3. The summed E-state index contributed by atoms with van der Waals surface area (Å²) in [5.41, 5.74) is 2.13. The van der Waals surface area contributed by atoms with Crippen LogP contribution in [0.3, 0.4) is 0 Å². The van der Waals surface area contributed by atoms with Gasteiger partial charge in [0.05, 0.1) is 11.3 Å². The van der Waals surface area contributed by atoms with Crippen molar-refractivity contribution >= 4 is 29.1 Å². The van der Waals surface area contributed by atoms with Crippen LogP contribution in [0.15, 0.2) is 48.5 Å². The topological polar surface area (TPSA) is 78.5 Å². The summed E-state index contributed by atoms with van der Waals surface area (Å²) >= 11 is 0. The van der Waals surface area contributed by atoms with Crippen molar-refractivity contribution in [2.24, 2.45) is 0 Å². The fourth-order valence-electron chi connectivity index (χ4n) is 4.23. The van der Waals surface area contributed by atoms with Gasteiger partial charge in [-0.15, -0.1) is 0 Å². The highest BCUT2D eigenvalue weighted by molar-refractivity contribution is 6.09. The first-order chi connectivity index (χ1) is 14.6. The van der Waals surface area contributed by atoms with Gasteiger partial charge < -0.3 is 15.5 Å². The molecular weight excluding hydrogens is 378 g/mol. The summed E-state index contributed by atoms with van der Waals surface area (Å²) in [5.74, 6) is -0.382. The lowest BCUT2D eigenvalue weighted by Gasteiger charge is -2.23. The molecule has 2 N–H and O–H groups in total. The maximum absolute atomic E-state index is 12.9. The third-order valence-corrected chi connectivity index (χ3v) is 5.85. The molecule has 2 fully saturated rings. The zero-order valence-electron chi connectivity index (χ0n) is 17.0. The number of nitrogens with zero attached hydrogens (tertiary/aromatic N) is 1. The average molecular weight is 405 g/mol. The fraction of sp³-hybridized carbons (Fsp3) is 0.375. The predicted octanol–water partition coefficient (Wildman–Crippen LogP) is 4.13. The maximum Gasteiger partial charge on any atom is 0.255 e. The van der Waals surface area contributed by atoms with Gasteiger partial charge >= 0.3 is 0 Å². The summed E-state index contributed by atoms with van der Waals surface area (Å²) < 4.78 is 0. The lowest BCUT2D eigenvalue weighted by atomic mass is 9.95. The van der Waals surface area contributed by atoms with Crippen LogP contribution in [-0.2, 0) is 4.79 Å². The first-order valence-corrected chi connectivity index (χ1v) is 10.7. The highest BCUT2D eigenvalue weighted by atomic mass is 16.2. The van der Waals surface area contributed by atoms with Crippen LogP contribution in [0.5, 0.6) is 0 Å². The minimum atomic E-state index is -0.304. The third kappa shape index (κ3) is 4.53. The molecule has 0 atom stereocenters. The van der Waals surface area contributed by atoms with E-state index in [0.29, 0.717) is 29.8 Å². The van der Waals surface area contributed by atoms with Gasteiger partial charge in [0.2, 0.25) is 5.91 Å². The zero-order chi connectivity index (χ0) is 20.9. The Balaban J connectivity index is 1.48. The number of nitrogens with one attached hydrogen (secondary N) is 2. The lowest BCUT2D eigenvalue weighted by molar-refractivity contribution is -0.117. The van der Waals surface area contributed by atoms with Gasteiger partial charge in [0, 0.05) is 30.3 Å². The summed E-state index contributed by atoms with van der Waals surface area (Å²) in [6, 6.07) is 14.3. The molecule has 2 aromatic rings. The molecule has 6 nitrogen and oxygen atoms in total. The summed E-state index contributed by atoms with van der Waals surface area (Å²) in [6.45, 7) is 0.675. The summed E-state index contributed by atoms with van der Waals surface area (Å²) in [6.07, 6.45) is 6.88. The van der Waals surface area contributed by atoms with Crippen molar-refractivity contribution in [3.8, 4) is 0 Å². The second kappa shape index (κ2) is 9.11. The zero-order valence-corrected chi connectivity index (χ0v) is 17.0. The molecular formula is C24H27N3O3. The Morgan fingerprint density at radius 2 is 1.70 bits per heavy atom. The molecule has 6 heteroatoms. The van der Waals surface area contributed by atoms with Gasteiger partial charge in [-0.1, -0.05) is 37.5 Å². The summed E-state index contributed by atoms with van der Waals surface area (Å²) in [7, 11) is 0. The quantitative estimate of drug-likeness (QED) is 0.785. The van der Waals surface area contributed by atoms with E-state index in [0.717, 1.165) is 37.8 Å². The normalized spacial score (nSPS) is 17.1. The van der Waals surface area contributed by atoms with E-state index >= 15 is 0 Å². The second-order valence-electron chi connectivity index (χ2n) is 8.01. The largest absolute Gasteiger partial charge is 0.349 e. The Kier molecular flexibility index (Phi) is 6.12. The average Bonchev–Trinajstić information content (AvgIpc) is 3.21. The van der Waals surface area contributed by atoms with E-state index in [1.807, 2.05) is 6.07 Å². The molecule has 0 radical (unpaired) electrons. The molecule has 4 rings (SSSR count). The standard InChI is InChI=1S/C24H27N3O3/c28-22-14-7-15-27(22)19-11-6-8-17(16-19)23(29)26-21-13-5-4-12-20(21)24(30)25-18-9-2-1-3-10-18/h4-6,8,11-13,16,18H,1-3,7,9-10,14-15H2,(H,25,30)(H,26,29). The molecule has 2 aliphatic rings. The molecule has 1 saturated heterocycles. The van der Waals surface area contributed by atoms with Crippen molar-refractivity contribution in [2.75, 3.05) is 16.8 Å². The molecule has 1 saturated carbocycles. The van der Waals surface area contributed by atoms with Crippen LogP contribution in [0.4, 0.5) is 11.4 Å². The molecule has 0 unspecified atom stereocenters. The van der Waals surface area contributed by atoms with Gasteiger partial charge in [0.25, 0.3) is 11.8 Å². The molecule has 156 valence electrons. The van der Waals surface area contributed by atoms with Gasteiger partial charge in [-0.05, 0) is 49.6 Å². The fourth-order valence-corrected chi connectivity index (χ4v) is 4.23. The SMILES string of the molecule is O=C(Nc1ccccc1C(=O)NC1CCCCC1)c1cccc(N2CCCC2=O)c1. The Hall–Kier alpha value is -3.15. The van der Waals surface area contributed by atoms with E-state index < -0.39 is 0 Å². The molecule has 0 spiro atoms. The number of amides is 3. The van der Waals surface area contributed by atoms with E-state index in [2.05, 4.69) is 10.6 Å². The van der Waals surface area contributed by atoms with E-state index in [1.54, 1.807) is 47.4 Å². The Morgan fingerprint density at radius 1 is 0.900 bits per heavy atom. The van der Waals surface area contributed by atoms with Crippen molar-refractivity contribution in [2.45, 2.75) is 51.0 Å². The summed E-state index contributed by atoms with van der Waals surface area (Å²) in [4.78, 5) is 39.4. The first kappa shape index (κ1) is 20.1. The van der Waals surface area contributed by atoms with Gasteiger partial charge in [0.15, 0.2) is 0 Å². The van der Waals surface area contributed by atoms with Gasteiger partial charge in [-0.3, -0.25) is 14.4 Å². The monoisotopic (exact) mass is 405 g/mol. The number of benzene rings is 2. The first-order valence-electron chi connectivity index (χ1n) is 10.7. The van der Waals surface area contributed by atoms with Crippen molar-refractivity contribution < 1.29 is 14.4 Å². The second-order valence-corrected chi connectivity index (χ2v) is 8.01. The maximum atomic E-state index is 12.9. The summed E-state index contributed by atoms with van der Waals surface area (Å²) in [5, 5.41) is 5.98. The van der Waals surface area contributed by atoms with E-state index in [1.165, 1.54) is 6.42 Å². The van der Waals surface area contributed by atoms with Crippen LogP contribution in [0.2, 0.25) is 0 Å². The van der Waals surface area contributed by atoms with E-state index in [-0.39, 0.29) is 23.8 Å². The molecule has 0 bridgehead atoms. The molecule has 3 amide bonds.